The minimum absolute atomic E-state index is 0.0593. The molecule has 13 N–H and O–H groups in total. The maximum absolute atomic E-state index is 11.1. The minimum Gasteiger partial charge on any atom is -0.396 e. The quantitative estimate of drug-likeness (QED) is 0.132. The van der Waals surface area contributed by atoms with Crippen LogP contribution in [0.4, 0.5) is 0 Å². The van der Waals surface area contributed by atoms with E-state index in [1.54, 1.807) is 0 Å². The number of aliphatic hydroxyl groups excluding tert-OH is 5. The fourth-order valence-electron chi connectivity index (χ4n) is 5.48. The van der Waals surface area contributed by atoms with E-state index in [9.17, 15) is 25.5 Å². The zero-order valence-corrected chi connectivity index (χ0v) is 21.6. The van der Waals surface area contributed by atoms with Crippen molar-refractivity contribution in [3.8, 4) is 0 Å². The monoisotopic (exact) mass is 558 g/mol. The van der Waals surface area contributed by atoms with Crippen LogP contribution in [-0.4, -0.2) is 125 Å². The molecular weight excluding hydrogens is 516 g/mol. The van der Waals surface area contributed by atoms with Gasteiger partial charge in [0.15, 0.2) is 12.6 Å². The molecule has 0 amide bonds. The van der Waals surface area contributed by atoms with Gasteiger partial charge in [0.25, 0.3) is 0 Å². The Kier molecular flexibility index (Phi) is 10.6. The van der Waals surface area contributed by atoms with Crippen LogP contribution < -0.4 is 22.9 Å². The molecule has 222 valence electrons. The van der Waals surface area contributed by atoms with E-state index in [4.69, 9.17) is 46.6 Å². The number of hydrogen-bond donors (Lipinski definition) is 9. The molecule has 2 saturated heterocycles. The molecular formula is C25H42N4O10. The zero-order valence-electron chi connectivity index (χ0n) is 21.6. The van der Waals surface area contributed by atoms with E-state index in [2.05, 4.69) is 0 Å². The van der Waals surface area contributed by atoms with Gasteiger partial charge in [-0.25, -0.2) is 0 Å². The maximum Gasteiger partial charge on any atom is 0.187 e. The highest BCUT2D eigenvalue weighted by Gasteiger charge is 2.52. The molecule has 14 atom stereocenters. The third-order valence-electron chi connectivity index (χ3n) is 7.78. The molecule has 1 aromatic carbocycles. The second-order valence-corrected chi connectivity index (χ2v) is 10.4. The Morgan fingerprint density at radius 1 is 0.769 bits per heavy atom. The van der Waals surface area contributed by atoms with Crippen LogP contribution in [-0.2, 0) is 30.3 Å². The van der Waals surface area contributed by atoms with Gasteiger partial charge in [0.2, 0.25) is 0 Å². The van der Waals surface area contributed by atoms with Crippen molar-refractivity contribution < 1.29 is 49.2 Å². The summed E-state index contributed by atoms with van der Waals surface area (Å²) in [5.41, 5.74) is 25.3. The highest BCUT2D eigenvalue weighted by Crippen LogP contribution is 2.33. The van der Waals surface area contributed by atoms with Crippen LogP contribution in [0.5, 0.6) is 0 Å². The van der Waals surface area contributed by atoms with Crippen molar-refractivity contribution in [2.24, 2.45) is 28.9 Å². The molecule has 14 nitrogen and oxygen atoms in total. The first kappa shape index (κ1) is 30.6. The van der Waals surface area contributed by atoms with Crippen molar-refractivity contribution in [3.05, 3.63) is 35.9 Å². The van der Waals surface area contributed by atoms with Gasteiger partial charge in [-0.15, -0.1) is 0 Å². The summed E-state index contributed by atoms with van der Waals surface area (Å²) >= 11 is 0. The van der Waals surface area contributed by atoms with Gasteiger partial charge < -0.3 is 72.2 Å². The number of ether oxygens (including phenoxy) is 5. The molecule has 2 aliphatic heterocycles. The number of hydrogen-bond acceptors (Lipinski definition) is 14. The lowest BCUT2D eigenvalue weighted by Crippen LogP contribution is -2.63. The first-order valence-corrected chi connectivity index (χ1v) is 13.2. The lowest BCUT2D eigenvalue weighted by Gasteiger charge is -2.43. The molecule has 0 aromatic heterocycles. The van der Waals surface area contributed by atoms with Gasteiger partial charge in [-0.3, -0.25) is 0 Å². The van der Waals surface area contributed by atoms with Crippen LogP contribution in [0.15, 0.2) is 30.3 Å². The van der Waals surface area contributed by atoms with Gasteiger partial charge in [-0.2, -0.15) is 0 Å². The molecule has 39 heavy (non-hydrogen) atoms. The van der Waals surface area contributed by atoms with Crippen LogP contribution in [0.3, 0.4) is 0 Å². The van der Waals surface area contributed by atoms with Crippen molar-refractivity contribution >= 4 is 0 Å². The lowest BCUT2D eigenvalue weighted by molar-refractivity contribution is -0.274. The molecule has 7 unspecified atom stereocenters. The number of nitrogens with two attached hydrogens (primary N) is 4. The molecule has 0 radical (unpaired) electrons. The summed E-state index contributed by atoms with van der Waals surface area (Å²) in [5.74, 6) is -0.788. The standard InChI is InChI=1S/C25H42N4O10/c26-7-15-18(32)12(8-30)17(29)24(36-15)39-23-16(9-31)37-25(20(23)34)38-22-14(28)6-13(27)21(19(22)33)35-10-11-4-2-1-3-5-11/h1-5,12-25,30-34H,6-10,26-29H2/t12?,13?,14-,15?,16-,17?,18+,19?,20?,21-,22-,23?,24-,25+/m1/s1. The molecule has 14 heteroatoms. The highest BCUT2D eigenvalue weighted by atomic mass is 16.7. The summed E-state index contributed by atoms with van der Waals surface area (Å²) in [6.07, 6.45) is -10.9. The second-order valence-electron chi connectivity index (χ2n) is 10.4. The largest absolute Gasteiger partial charge is 0.396 e. The van der Waals surface area contributed by atoms with Crippen molar-refractivity contribution in [2.75, 3.05) is 19.8 Å². The first-order chi connectivity index (χ1) is 18.7. The Morgan fingerprint density at radius 3 is 2.05 bits per heavy atom. The van der Waals surface area contributed by atoms with Crippen LogP contribution in [0, 0.1) is 5.92 Å². The molecule has 3 fully saturated rings. The average molecular weight is 559 g/mol. The van der Waals surface area contributed by atoms with E-state index in [1.165, 1.54) is 0 Å². The van der Waals surface area contributed by atoms with Crippen molar-refractivity contribution in [2.45, 2.75) is 92.6 Å². The van der Waals surface area contributed by atoms with E-state index >= 15 is 0 Å². The van der Waals surface area contributed by atoms with Crippen molar-refractivity contribution in [1.82, 2.24) is 0 Å². The normalized spacial score (nSPS) is 44.9. The number of benzene rings is 1. The van der Waals surface area contributed by atoms with Crippen LogP contribution >= 0.6 is 0 Å². The molecule has 4 rings (SSSR count). The van der Waals surface area contributed by atoms with Crippen molar-refractivity contribution in [3.63, 3.8) is 0 Å². The molecule has 0 bridgehead atoms. The Balaban J connectivity index is 1.42. The number of rotatable bonds is 10. The van der Waals surface area contributed by atoms with E-state index in [-0.39, 0.29) is 19.6 Å². The summed E-state index contributed by atoms with van der Waals surface area (Å²) < 4.78 is 29.2. The molecule has 0 spiro atoms. The maximum atomic E-state index is 11.1. The van der Waals surface area contributed by atoms with Crippen LogP contribution in [0.1, 0.15) is 12.0 Å². The lowest BCUT2D eigenvalue weighted by atomic mass is 9.84. The molecule has 3 aliphatic rings. The first-order valence-electron chi connectivity index (χ1n) is 13.2. The van der Waals surface area contributed by atoms with E-state index in [1.807, 2.05) is 30.3 Å². The molecule has 1 aromatic rings. The highest BCUT2D eigenvalue weighted by molar-refractivity contribution is 5.13. The average Bonchev–Trinajstić information content (AvgIpc) is 3.22. The Labute approximate surface area is 226 Å². The summed E-state index contributed by atoms with van der Waals surface area (Å²) in [4.78, 5) is 0. The Hall–Kier alpha value is -1.34. The smallest absolute Gasteiger partial charge is 0.187 e. The van der Waals surface area contributed by atoms with E-state index in [0.29, 0.717) is 0 Å². The van der Waals surface area contributed by atoms with Gasteiger partial charge in [0, 0.05) is 24.5 Å². The zero-order chi connectivity index (χ0) is 28.3. The fourth-order valence-corrected chi connectivity index (χ4v) is 5.48. The topological polar surface area (TPSA) is 251 Å². The summed E-state index contributed by atoms with van der Waals surface area (Å²) in [5, 5.41) is 52.1. The Bertz CT molecular complexity index is 890. The second kappa shape index (κ2) is 13.5. The third-order valence-corrected chi connectivity index (χ3v) is 7.78. The molecule has 2 heterocycles. The molecule has 1 saturated carbocycles. The molecule has 1 aliphatic carbocycles. The number of aliphatic hydroxyl groups is 5. The van der Waals surface area contributed by atoms with Crippen molar-refractivity contribution in [1.29, 1.82) is 0 Å². The van der Waals surface area contributed by atoms with Gasteiger partial charge in [0.05, 0.1) is 38.1 Å². The van der Waals surface area contributed by atoms with E-state index in [0.717, 1.165) is 5.56 Å². The van der Waals surface area contributed by atoms with Gasteiger partial charge in [-0.05, 0) is 12.0 Å². The van der Waals surface area contributed by atoms with Gasteiger partial charge in [0.1, 0.15) is 36.6 Å². The van der Waals surface area contributed by atoms with Gasteiger partial charge >= 0.3 is 0 Å². The van der Waals surface area contributed by atoms with Crippen LogP contribution in [0.25, 0.3) is 0 Å². The predicted molar refractivity (Wildman–Crippen MR) is 135 cm³/mol. The fraction of sp³-hybridized carbons (Fsp3) is 0.760. The minimum atomic E-state index is -1.44. The summed E-state index contributed by atoms with van der Waals surface area (Å²) in [6, 6.07) is 7.21. The van der Waals surface area contributed by atoms with Gasteiger partial charge in [-0.1, -0.05) is 30.3 Å². The summed E-state index contributed by atoms with van der Waals surface area (Å²) in [6.45, 7) is -0.814. The summed E-state index contributed by atoms with van der Waals surface area (Å²) in [7, 11) is 0. The van der Waals surface area contributed by atoms with E-state index < -0.39 is 98.7 Å². The Morgan fingerprint density at radius 2 is 1.41 bits per heavy atom. The SMILES string of the molecule is NCC1O[C@H](OC2C(O)[C@H](O[C@H]3C(O)[C@H](OCc4ccccc4)C(N)C[C@H]3N)O[C@@H]2CO)C(N)C(CO)[C@@H]1O. The van der Waals surface area contributed by atoms with Crippen LogP contribution in [0.2, 0.25) is 0 Å². The predicted octanol–water partition coefficient (Wildman–Crippen LogP) is -4.18. The third kappa shape index (κ3) is 6.60.